The predicted octanol–water partition coefficient (Wildman–Crippen LogP) is 1.61. The van der Waals surface area contributed by atoms with Crippen LogP contribution in [0.25, 0.3) is 0 Å². The number of carbonyl (C=O) groups is 1. The van der Waals surface area contributed by atoms with Crippen molar-refractivity contribution in [1.29, 1.82) is 0 Å². The molecule has 0 aromatic rings. The number of nitrogens with zero attached hydrogens (tertiary/aromatic N) is 1. The van der Waals surface area contributed by atoms with Gasteiger partial charge in [0.2, 0.25) is 5.91 Å². The van der Waals surface area contributed by atoms with E-state index in [0.29, 0.717) is 17.2 Å². The van der Waals surface area contributed by atoms with Crippen LogP contribution in [0, 0.1) is 11.3 Å². The Balaban J connectivity index is 1.90. The molecule has 2 aliphatic rings. The van der Waals surface area contributed by atoms with Gasteiger partial charge in [-0.3, -0.25) is 4.79 Å². The molecule has 3 heteroatoms. The highest BCUT2D eigenvalue weighted by molar-refractivity contribution is 7.99. The fourth-order valence-electron chi connectivity index (χ4n) is 1.89. The lowest BCUT2D eigenvalue weighted by atomic mass is 10.1. The minimum Gasteiger partial charge on any atom is -0.341 e. The number of hydrogen-bond donors (Lipinski definition) is 0. The van der Waals surface area contributed by atoms with Crippen LogP contribution in [0.2, 0.25) is 0 Å². The second-order valence-corrected chi connectivity index (χ2v) is 5.91. The van der Waals surface area contributed by atoms with Crippen molar-refractivity contribution in [3.8, 4) is 0 Å². The van der Waals surface area contributed by atoms with Crippen LogP contribution in [0.15, 0.2) is 0 Å². The van der Waals surface area contributed by atoms with Gasteiger partial charge in [-0.15, -0.1) is 0 Å². The van der Waals surface area contributed by atoms with E-state index in [4.69, 9.17) is 0 Å². The van der Waals surface area contributed by atoms with Crippen molar-refractivity contribution < 1.29 is 4.79 Å². The van der Waals surface area contributed by atoms with Crippen molar-refractivity contribution in [1.82, 2.24) is 4.90 Å². The van der Waals surface area contributed by atoms with Crippen molar-refractivity contribution in [3.05, 3.63) is 0 Å². The van der Waals surface area contributed by atoms with E-state index in [9.17, 15) is 4.79 Å². The van der Waals surface area contributed by atoms with Gasteiger partial charge in [0.1, 0.15) is 0 Å². The second kappa shape index (κ2) is 3.19. The highest BCUT2D eigenvalue weighted by atomic mass is 32.2. The van der Waals surface area contributed by atoms with E-state index in [1.165, 1.54) is 0 Å². The first-order valence-electron chi connectivity index (χ1n) is 4.98. The van der Waals surface area contributed by atoms with Crippen molar-refractivity contribution >= 4 is 17.7 Å². The number of thioether (sulfide) groups is 1. The van der Waals surface area contributed by atoms with E-state index in [1.54, 1.807) is 0 Å². The largest absolute Gasteiger partial charge is 0.341 e. The SMILES string of the molecule is CC1(C)CC1C(=O)N1CCSCC1. The molecule has 1 amide bonds. The molecule has 0 aromatic carbocycles. The quantitative estimate of drug-likeness (QED) is 0.639. The lowest BCUT2D eigenvalue weighted by Crippen LogP contribution is -2.39. The fraction of sp³-hybridized carbons (Fsp3) is 0.900. The second-order valence-electron chi connectivity index (χ2n) is 4.68. The van der Waals surface area contributed by atoms with Crippen LogP contribution >= 0.6 is 11.8 Å². The van der Waals surface area contributed by atoms with Gasteiger partial charge in [-0.05, 0) is 11.8 Å². The summed E-state index contributed by atoms with van der Waals surface area (Å²) < 4.78 is 0. The average Bonchev–Trinajstić information content (AvgIpc) is 2.76. The molecule has 1 unspecified atom stereocenters. The zero-order valence-electron chi connectivity index (χ0n) is 8.38. The fourth-order valence-corrected chi connectivity index (χ4v) is 2.80. The predicted molar refractivity (Wildman–Crippen MR) is 55.8 cm³/mol. The molecule has 1 aliphatic heterocycles. The standard InChI is InChI=1S/C10H17NOS/c1-10(2)7-8(10)9(12)11-3-5-13-6-4-11/h8H,3-7H2,1-2H3. The minimum absolute atomic E-state index is 0.293. The molecule has 0 spiro atoms. The van der Waals surface area contributed by atoms with Crippen LogP contribution in [0.4, 0.5) is 0 Å². The van der Waals surface area contributed by atoms with Crippen molar-refractivity contribution in [2.45, 2.75) is 20.3 Å². The van der Waals surface area contributed by atoms with Crippen molar-refractivity contribution in [3.63, 3.8) is 0 Å². The Labute approximate surface area is 84.1 Å². The Morgan fingerprint density at radius 2 is 1.92 bits per heavy atom. The van der Waals surface area contributed by atoms with Gasteiger partial charge in [0, 0.05) is 30.5 Å². The Bertz CT molecular complexity index is 221. The Kier molecular flexibility index (Phi) is 2.30. The zero-order valence-corrected chi connectivity index (χ0v) is 9.19. The summed E-state index contributed by atoms with van der Waals surface area (Å²) in [5.41, 5.74) is 0.293. The molecular formula is C10H17NOS. The first-order valence-corrected chi connectivity index (χ1v) is 6.13. The molecule has 2 nitrogen and oxygen atoms in total. The number of hydrogen-bond acceptors (Lipinski definition) is 2. The maximum absolute atomic E-state index is 11.9. The smallest absolute Gasteiger partial charge is 0.226 e. The summed E-state index contributed by atoms with van der Waals surface area (Å²) in [5, 5.41) is 0. The molecule has 0 radical (unpaired) electrons. The number of carbonyl (C=O) groups excluding carboxylic acids is 1. The van der Waals surface area contributed by atoms with Gasteiger partial charge < -0.3 is 4.90 Å². The molecule has 1 atom stereocenters. The summed E-state index contributed by atoms with van der Waals surface area (Å²) in [6.07, 6.45) is 1.09. The lowest BCUT2D eigenvalue weighted by Gasteiger charge is -2.27. The number of rotatable bonds is 1. The Morgan fingerprint density at radius 3 is 2.38 bits per heavy atom. The Hall–Kier alpha value is -0.180. The van der Waals surface area contributed by atoms with Crippen LogP contribution in [0.3, 0.4) is 0 Å². The van der Waals surface area contributed by atoms with E-state index in [-0.39, 0.29) is 0 Å². The topological polar surface area (TPSA) is 20.3 Å². The molecule has 2 rings (SSSR count). The first kappa shape index (κ1) is 9.38. The average molecular weight is 199 g/mol. The van der Waals surface area contributed by atoms with Crippen LogP contribution in [0.1, 0.15) is 20.3 Å². The molecule has 0 N–H and O–H groups in total. The molecule has 0 bridgehead atoms. The lowest BCUT2D eigenvalue weighted by molar-refractivity contribution is -0.132. The van der Waals surface area contributed by atoms with Crippen LogP contribution in [-0.2, 0) is 4.79 Å². The molecular weight excluding hydrogens is 182 g/mol. The van der Waals surface area contributed by atoms with Crippen molar-refractivity contribution in [2.24, 2.45) is 11.3 Å². The van der Waals surface area contributed by atoms with Gasteiger partial charge in [0.05, 0.1) is 0 Å². The molecule has 1 saturated heterocycles. The minimum atomic E-state index is 0.293. The third-order valence-electron chi connectivity index (χ3n) is 3.13. The van der Waals surface area contributed by atoms with E-state index in [2.05, 4.69) is 18.7 Å². The normalized spacial score (nSPS) is 31.5. The van der Waals surface area contributed by atoms with Gasteiger partial charge >= 0.3 is 0 Å². The number of amides is 1. The molecule has 13 heavy (non-hydrogen) atoms. The highest BCUT2D eigenvalue weighted by Crippen LogP contribution is 2.52. The highest BCUT2D eigenvalue weighted by Gasteiger charge is 2.51. The van der Waals surface area contributed by atoms with Crippen molar-refractivity contribution in [2.75, 3.05) is 24.6 Å². The molecule has 0 aromatic heterocycles. The van der Waals surface area contributed by atoms with Gasteiger partial charge in [0.15, 0.2) is 0 Å². The molecule has 2 fully saturated rings. The third-order valence-corrected chi connectivity index (χ3v) is 4.08. The molecule has 1 heterocycles. The summed E-state index contributed by atoms with van der Waals surface area (Å²) in [6.45, 7) is 6.31. The summed E-state index contributed by atoms with van der Waals surface area (Å²) >= 11 is 1.95. The summed E-state index contributed by atoms with van der Waals surface area (Å²) in [5.74, 6) is 2.98. The van der Waals surface area contributed by atoms with Gasteiger partial charge in [-0.25, -0.2) is 0 Å². The maximum Gasteiger partial charge on any atom is 0.226 e. The first-order chi connectivity index (χ1) is 6.11. The summed E-state index contributed by atoms with van der Waals surface area (Å²) in [7, 11) is 0. The molecule has 1 aliphatic carbocycles. The van der Waals surface area contributed by atoms with E-state index >= 15 is 0 Å². The molecule has 74 valence electrons. The third kappa shape index (κ3) is 1.85. The van der Waals surface area contributed by atoms with Gasteiger partial charge in [-0.2, -0.15) is 11.8 Å². The van der Waals surface area contributed by atoms with E-state index in [0.717, 1.165) is 31.0 Å². The maximum atomic E-state index is 11.9. The van der Waals surface area contributed by atoms with Crippen LogP contribution in [0.5, 0.6) is 0 Å². The van der Waals surface area contributed by atoms with Crippen LogP contribution in [-0.4, -0.2) is 35.4 Å². The van der Waals surface area contributed by atoms with Crippen LogP contribution < -0.4 is 0 Å². The molecule has 1 saturated carbocycles. The van der Waals surface area contributed by atoms with E-state index < -0.39 is 0 Å². The summed E-state index contributed by atoms with van der Waals surface area (Å²) in [4.78, 5) is 13.9. The van der Waals surface area contributed by atoms with E-state index in [1.807, 2.05) is 11.8 Å². The van der Waals surface area contributed by atoms with Gasteiger partial charge in [0.25, 0.3) is 0 Å². The summed E-state index contributed by atoms with van der Waals surface area (Å²) in [6, 6.07) is 0. The monoisotopic (exact) mass is 199 g/mol. The van der Waals surface area contributed by atoms with Gasteiger partial charge in [-0.1, -0.05) is 13.8 Å². The zero-order chi connectivity index (χ0) is 9.47. The Morgan fingerprint density at radius 1 is 1.38 bits per heavy atom.